The zero-order valence-corrected chi connectivity index (χ0v) is 13.8. The quantitative estimate of drug-likeness (QED) is 0.785. The van der Waals surface area contributed by atoms with Gasteiger partial charge >= 0.3 is 0 Å². The van der Waals surface area contributed by atoms with Gasteiger partial charge < -0.3 is 15.0 Å². The fourth-order valence-corrected chi connectivity index (χ4v) is 3.25. The minimum Gasteiger partial charge on any atom is -0.494 e. The van der Waals surface area contributed by atoms with Crippen molar-refractivity contribution in [2.24, 2.45) is 0 Å². The largest absolute Gasteiger partial charge is 0.494 e. The van der Waals surface area contributed by atoms with Crippen molar-refractivity contribution in [2.75, 3.05) is 12.3 Å². The normalized spacial score (nSPS) is 10.9. The first-order valence-corrected chi connectivity index (χ1v) is 8.11. The van der Waals surface area contributed by atoms with Crippen LogP contribution in [0.4, 0.5) is 5.13 Å². The fraction of sp³-hybridized carbons (Fsp3) is 0.235. The summed E-state index contributed by atoms with van der Waals surface area (Å²) >= 11 is 1.47. The number of ether oxygens (including phenoxy) is 1. The molecule has 0 bridgehead atoms. The summed E-state index contributed by atoms with van der Waals surface area (Å²) in [6.07, 6.45) is 0. The number of nitrogen functional groups attached to an aromatic ring is 1. The minimum atomic E-state index is 0.598. The summed E-state index contributed by atoms with van der Waals surface area (Å²) in [6.45, 7) is 6.87. The number of thiazole rings is 1. The summed E-state index contributed by atoms with van der Waals surface area (Å²) in [5.41, 5.74) is 11.3. The maximum Gasteiger partial charge on any atom is 0.180 e. The molecule has 22 heavy (non-hydrogen) atoms. The number of aryl methyl sites for hydroxylation is 1. The Balaban J connectivity index is 2.02. The fourth-order valence-electron chi connectivity index (χ4n) is 2.69. The Bertz CT molecular complexity index is 787. The zero-order valence-electron chi connectivity index (χ0n) is 13.0. The highest BCUT2D eigenvalue weighted by Crippen LogP contribution is 2.31. The van der Waals surface area contributed by atoms with E-state index in [0.717, 1.165) is 28.4 Å². The van der Waals surface area contributed by atoms with Gasteiger partial charge in [0.2, 0.25) is 0 Å². The standard InChI is InChI=1S/C17H19N3OS/c1-4-21-14-7-5-13(6-8-14)20-11(2)9-15(12(20)3)16-10-22-17(18)19-16/h5-10H,4H2,1-3H3,(H2,18,19). The molecule has 3 aromatic rings. The molecule has 0 saturated carbocycles. The second kappa shape index (κ2) is 5.85. The molecule has 5 heteroatoms. The Hall–Kier alpha value is -2.27. The van der Waals surface area contributed by atoms with Gasteiger partial charge in [-0.15, -0.1) is 11.3 Å². The summed E-state index contributed by atoms with van der Waals surface area (Å²) in [7, 11) is 0. The van der Waals surface area contributed by atoms with E-state index in [1.54, 1.807) is 0 Å². The van der Waals surface area contributed by atoms with Crippen LogP contribution in [-0.2, 0) is 0 Å². The van der Waals surface area contributed by atoms with Gasteiger partial charge in [-0.25, -0.2) is 4.98 Å². The van der Waals surface area contributed by atoms with Gasteiger partial charge in [-0.2, -0.15) is 0 Å². The van der Waals surface area contributed by atoms with Gasteiger partial charge in [0.15, 0.2) is 5.13 Å². The summed E-state index contributed by atoms with van der Waals surface area (Å²) in [5.74, 6) is 0.890. The van der Waals surface area contributed by atoms with Crippen molar-refractivity contribution in [2.45, 2.75) is 20.8 Å². The van der Waals surface area contributed by atoms with E-state index >= 15 is 0 Å². The molecule has 2 aromatic heterocycles. The number of hydrogen-bond acceptors (Lipinski definition) is 4. The number of nitrogens with zero attached hydrogens (tertiary/aromatic N) is 2. The molecule has 0 spiro atoms. The third-order valence-electron chi connectivity index (χ3n) is 3.63. The Labute approximate surface area is 134 Å². The van der Waals surface area contributed by atoms with Crippen LogP contribution in [0.15, 0.2) is 35.7 Å². The molecule has 0 radical (unpaired) electrons. The number of anilines is 1. The highest BCUT2D eigenvalue weighted by Gasteiger charge is 2.14. The molecule has 0 unspecified atom stereocenters. The van der Waals surface area contributed by atoms with E-state index in [4.69, 9.17) is 10.5 Å². The summed E-state index contributed by atoms with van der Waals surface area (Å²) < 4.78 is 7.73. The lowest BCUT2D eigenvalue weighted by molar-refractivity contribution is 0.340. The number of benzene rings is 1. The smallest absolute Gasteiger partial charge is 0.180 e. The molecule has 0 saturated heterocycles. The zero-order chi connectivity index (χ0) is 15.7. The van der Waals surface area contributed by atoms with Crippen molar-refractivity contribution in [3.05, 3.63) is 47.1 Å². The average Bonchev–Trinajstić information content (AvgIpc) is 3.04. The Morgan fingerprint density at radius 1 is 1.23 bits per heavy atom. The molecule has 4 nitrogen and oxygen atoms in total. The molecule has 0 aliphatic carbocycles. The van der Waals surface area contributed by atoms with Crippen LogP contribution in [-0.4, -0.2) is 16.2 Å². The predicted molar refractivity (Wildman–Crippen MR) is 91.9 cm³/mol. The van der Waals surface area contributed by atoms with E-state index < -0.39 is 0 Å². The monoisotopic (exact) mass is 313 g/mol. The van der Waals surface area contributed by atoms with Crippen molar-refractivity contribution in [1.29, 1.82) is 0 Å². The first kappa shape index (κ1) is 14.7. The van der Waals surface area contributed by atoms with Gasteiger partial charge in [0.05, 0.1) is 12.3 Å². The van der Waals surface area contributed by atoms with Crippen molar-refractivity contribution in [3.63, 3.8) is 0 Å². The Morgan fingerprint density at radius 2 is 1.95 bits per heavy atom. The highest BCUT2D eigenvalue weighted by molar-refractivity contribution is 7.13. The van der Waals surface area contributed by atoms with E-state index in [9.17, 15) is 0 Å². The number of nitrogens with two attached hydrogens (primary N) is 1. The molecule has 0 aliphatic heterocycles. The van der Waals surface area contributed by atoms with Crippen molar-refractivity contribution in [1.82, 2.24) is 9.55 Å². The van der Waals surface area contributed by atoms with Gasteiger partial charge in [0.25, 0.3) is 0 Å². The third-order valence-corrected chi connectivity index (χ3v) is 4.31. The molecule has 2 N–H and O–H groups in total. The maximum atomic E-state index is 5.75. The van der Waals surface area contributed by atoms with E-state index in [2.05, 4.69) is 41.6 Å². The molecule has 0 atom stereocenters. The van der Waals surface area contributed by atoms with Crippen molar-refractivity contribution < 1.29 is 4.74 Å². The lowest BCUT2D eigenvalue weighted by Crippen LogP contribution is -1.99. The van der Waals surface area contributed by atoms with Crippen LogP contribution in [0.1, 0.15) is 18.3 Å². The van der Waals surface area contributed by atoms with E-state index in [1.807, 2.05) is 24.4 Å². The minimum absolute atomic E-state index is 0.598. The molecule has 0 amide bonds. The van der Waals surface area contributed by atoms with E-state index in [0.29, 0.717) is 11.7 Å². The van der Waals surface area contributed by atoms with Crippen LogP contribution in [0.25, 0.3) is 16.9 Å². The third kappa shape index (κ3) is 2.60. The van der Waals surface area contributed by atoms with Gasteiger partial charge in [0.1, 0.15) is 5.75 Å². The molecule has 3 rings (SSSR count). The molecule has 0 aliphatic rings. The van der Waals surface area contributed by atoms with Crippen LogP contribution < -0.4 is 10.5 Å². The molecular formula is C17H19N3OS. The lowest BCUT2D eigenvalue weighted by atomic mass is 10.2. The molecule has 0 fully saturated rings. The molecule has 1 aromatic carbocycles. The van der Waals surface area contributed by atoms with Crippen LogP contribution >= 0.6 is 11.3 Å². The van der Waals surface area contributed by atoms with Crippen LogP contribution in [0.2, 0.25) is 0 Å². The topological polar surface area (TPSA) is 53.1 Å². The Kier molecular flexibility index (Phi) is 3.90. The van der Waals surface area contributed by atoms with Crippen LogP contribution in [0, 0.1) is 13.8 Å². The molecule has 114 valence electrons. The SMILES string of the molecule is CCOc1ccc(-n2c(C)cc(-c3csc(N)n3)c2C)cc1. The number of aromatic nitrogens is 2. The second-order valence-electron chi connectivity index (χ2n) is 5.12. The van der Waals surface area contributed by atoms with Crippen molar-refractivity contribution in [3.8, 4) is 22.7 Å². The maximum absolute atomic E-state index is 5.75. The predicted octanol–water partition coefficient (Wildman–Crippen LogP) is 4.20. The lowest BCUT2D eigenvalue weighted by Gasteiger charge is -2.11. The first-order valence-electron chi connectivity index (χ1n) is 7.23. The Morgan fingerprint density at radius 3 is 2.55 bits per heavy atom. The van der Waals surface area contributed by atoms with Gasteiger partial charge in [-0.1, -0.05) is 0 Å². The highest BCUT2D eigenvalue weighted by atomic mass is 32.1. The van der Waals surface area contributed by atoms with E-state index in [1.165, 1.54) is 17.0 Å². The van der Waals surface area contributed by atoms with Gasteiger partial charge in [-0.05, 0) is 51.1 Å². The number of hydrogen-bond donors (Lipinski definition) is 1. The van der Waals surface area contributed by atoms with Crippen LogP contribution in [0.3, 0.4) is 0 Å². The van der Waals surface area contributed by atoms with E-state index in [-0.39, 0.29) is 0 Å². The summed E-state index contributed by atoms with van der Waals surface area (Å²) in [4.78, 5) is 4.39. The van der Waals surface area contributed by atoms with Gasteiger partial charge in [0, 0.05) is 28.0 Å². The first-order chi connectivity index (χ1) is 10.6. The number of rotatable bonds is 4. The average molecular weight is 313 g/mol. The summed E-state index contributed by atoms with van der Waals surface area (Å²) in [5, 5.41) is 2.60. The molecular weight excluding hydrogens is 294 g/mol. The van der Waals surface area contributed by atoms with Crippen molar-refractivity contribution >= 4 is 16.5 Å². The van der Waals surface area contributed by atoms with Gasteiger partial charge in [-0.3, -0.25) is 0 Å². The second-order valence-corrected chi connectivity index (χ2v) is 6.01. The van der Waals surface area contributed by atoms with Crippen LogP contribution in [0.5, 0.6) is 5.75 Å². The summed E-state index contributed by atoms with van der Waals surface area (Å²) in [6, 6.07) is 10.3. The molecule has 2 heterocycles.